The lowest BCUT2D eigenvalue weighted by Crippen LogP contribution is -2.27. The Hall–Kier alpha value is -1.65. The molecule has 0 saturated carbocycles. The van der Waals surface area contributed by atoms with Gasteiger partial charge in [-0.05, 0) is 25.2 Å². The van der Waals surface area contributed by atoms with Crippen LogP contribution >= 0.6 is 0 Å². The van der Waals surface area contributed by atoms with E-state index in [0.29, 0.717) is 5.82 Å². The van der Waals surface area contributed by atoms with Gasteiger partial charge in [-0.25, -0.2) is 14.8 Å². The van der Waals surface area contributed by atoms with Crippen LogP contribution < -0.4 is 4.90 Å². The topological polar surface area (TPSA) is 66.3 Å². The van der Waals surface area contributed by atoms with Crippen molar-refractivity contribution >= 4 is 11.8 Å². The van der Waals surface area contributed by atoms with E-state index in [-0.39, 0.29) is 5.69 Å². The van der Waals surface area contributed by atoms with E-state index < -0.39 is 5.97 Å². The minimum Gasteiger partial charge on any atom is -0.476 e. The van der Waals surface area contributed by atoms with Crippen molar-refractivity contribution in [2.75, 3.05) is 18.0 Å². The van der Waals surface area contributed by atoms with Gasteiger partial charge in [0.05, 0.1) is 0 Å². The summed E-state index contributed by atoms with van der Waals surface area (Å²) in [7, 11) is 0. The molecular weight excluding hydrogens is 230 g/mol. The number of carboxylic acid groups (broad SMARTS) is 1. The highest BCUT2D eigenvalue weighted by molar-refractivity contribution is 5.90. The lowest BCUT2D eigenvalue weighted by molar-refractivity contribution is 0.0690. The monoisotopic (exact) mass is 249 g/mol. The third-order valence-corrected chi connectivity index (χ3v) is 3.61. The summed E-state index contributed by atoms with van der Waals surface area (Å²) in [4.78, 5) is 21.3. The van der Waals surface area contributed by atoms with Crippen molar-refractivity contribution in [3.05, 3.63) is 18.1 Å². The maximum Gasteiger partial charge on any atom is 0.358 e. The smallest absolute Gasteiger partial charge is 0.358 e. The second-order valence-electron chi connectivity index (χ2n) is 4.73. The van der Waals surface area contributed by atoms with E-state index in [1.165, 1.54) is 19.0 Å². The van der Waals surface area contributed by atoms with E-state index >= 15 is 0 Å². The molecule has 0 aliphatic carbocycles. The molecule has 5 heteroatoms. The normalized spacial score (nSPS) is 20.5. The lowest BCUT2D eigenvalue weighted by atomic mass is 9.98. The van der Waals surface area contributed by atoms with Gasteiger partial charge in [-0.2, -0.15) is 0 Å². The van der Waals surface area contributed by atoms with Gasteiger partial charge in [0.2, 0.25) is 0 Å². The molecule has 2 heterocycles. The number of rotatable bonds is 3. The molecule has 0 radical (unpaired) electrons. The molecule has 18 heavy (non-hydrogen) atoms. The minimum absolute atomic E-state index is 0.0625. The Morgan fingerprint density at radius 3 is 2.89 bits per heavy atom. The predicted octanol–water partition coefficient (Wildman–Crippen LogP) is 2.19. The molecule has 0 amide bonds. The molecule has 1 fully saturated rings. The molecule has 1 aromatic rings. The van der Waals surface area contributed by atoms with Crippen molar-refractivity contribution in [3.63, 3.8) is 0 Å². The number of anilines is 1. The predicted molar refractivity (Wildman–Crippen MR) is 68.8 cm³/mol. The third kappa shape index (κ3) is 2.78. The summed E-state index contributed by atoms with van der Waals surface area (Å²) in [6.45, 7) is 3.96. The molecule has 2 rings (SSSR count). The first-order chi connectivity index (χ1) is 8.72. The standard InChI is InChI=1S/C13H19N3O2/c1-2-10-4-3-8-16(9-5-10)12-11(13(17)18)14-6-7-15-12/h6-7,10H,2-5,8-9H2,1H3,(H,17,18). The molecule has 0 bridgehead atoms. The van der Waals surface area contributed by atoms with Gasteiger partial charge in [-0.3, -0.25) is 0 Å². The number of aromatic carboxylic acids is 1. The number of aromatic nitrogens is 2. The molecule has 98 valence electrons. The van der Waals surface area contributed by atoms with Crippen molar-refractivity contribution in [1.82, 2.24) is 9.97 Å². The van der Waals surface area contributed by atoms with Crippen molar-refractivity contribution in [2.24, 2.45) is 5.92 Å². The van der Waals surface area contributed by atoms with Crippen molar-refractivity contribution in [1.29, 1.82) is 0 Å². The fourth-order valence-corrected chi connectivity index (χ4v) is 2.50. The maximum absolute atomic E-state index is 11.1. The lowest BCUT2D eigenvalue weighted by Gasteiger charge is -2.22. The van der Waals surface area contributed by atoms with Crippen LogP contribution in [0.25, 0.3) is 0 Å². The molecule has 1 aliphatic heterocycles. The first-order valence-electron chi connectivity index (χ1n) is 6.51. The number of carboxylic acids is 1. The summed E-state index contributed by atoms with van der Waals surface area (Å²) in [5.41, 5.74) is 0.0625. The molecule has 1 aliphatic rings. The fourth-order valence-electron chi connectivity index (χ4n) is 2.50. The van der Waals surface area contributed by atoms with Gasteiger partial charge in [-0.1, -0.05) is 13.3 Å². The van der Waals surface area contributed by atoms with Crippen LogP contribution in [0.2, 0.25) is 0 Å². The number of carbonyl (C=O) groups is 1. The Bertz CT molecular complexity index is 422. The van der Waals surface area contributed by atoms with Gasteiger partial charge in [0, 0.05) is 25.5 Å². The van der Waals surface area contributed by atoms with E-state index in [1.54, 1.807) is 6.20 Å². The van der Waals surface area contributed by atoms with Crippen molar-refractivity contribution < 1.29 is 9.90 Å². The second kappa shape index (κ2) is 5.80. The first-order valence-corrected chi connectivity index (χ1v) is 6.51. The van der Waals surface area contributed by atoms with E-state index in [4.69, 9.17) is 5.11 Å². The Morgan fingerprint density at radius 1 is 1.39 bits per heavy atom. The average molecular weight is 249 g/mol. The Balaban J connectivity index is 2.18. The van der Waals surface area contributed by atoms with Crippen LogP contribution in [0.4, 0.5) is 5.82 Å². The highest BCUT2D eigenvalue weighted by Crippen LogP contribution is 2.24. The molecule has 1 unspecified atom stereocenters. The third-order valence-electron chi connectivity index (χ3n) is 3.61. The van der Waals surface area contributed by atoms with Crippen molar-refractivity contribution in [2.45, 2.75) is 32.6 Å². The zero-order chi connectivity index (χ0) is 13.0. The Labute approximate surface area is 107 Å². The summed E-state index contributed by atoms with van der Waals surface area (Å²) < 4.78 is 0. The largest absolute Gasteiger partial charge is 0.476 e. The molecule has 1 N–H and O–H groups in total. The summed E-state index contributed by atoms with van der Waals surface area (Å²) in [6, 6.07) is 0. The summed E-state index contributed by atoms with van der Waals surface area (Å²) in [6.07, 6.45) is 7.60. The Morgan fingerprint density at radius 2 is 2.17 bits per heavy atom. The summed E-state index contributed by atoms with van der Waals surface area (Å²) in [5, 5.41) is 9.14. The first kappa shape index (κ1) is 12.8. The molecule has 0 aromatic carbocycles. The van der Waals surface area contributed by atoms with Gasteiger partial charge >= 0.3 is 5.97 Å². The second-order valence-corrected chi connectivity index (χ2v) is 4.73. The van der Waals surface area contributed by atoms with Gasteiger partial charge < -0.3 is 10.0 Å². The molecular formula is C13H19N3O2. The maximum atomic E-state index is 11.1. The molecule has 5 nitrogen and oxygen atoms in total. The van der Waals surface area contributed by atoms with Crippen LogP contribution in [-0.2, 0) is 0 Å². The summed E-state index contributed by atoms with van der Waals surface area (Å²) >= 11 is 0. The van der Waals surface area contributed by atoms with Gasteiger partial charge in [0.1, 0.15) is 0 Å². The van der Waals surface area contributed by atoms with Crippen LogP contribution in [0.15, 0.2) is 12.4 Å². The van der Waals surface area contributed by atoms with Gasteiger partial charge in [0.25, 0.3) is 0 Å². The number of hydrogen-bond donors (Lipinski definition) is 1. The van der Waals surface area contributed by atoms with Crippen LogP contribution in [0, 0.1) is 5.92 Å². The zero-order valence-electron chi connectivity index (χ0n) is 10.7. The summed E-state index contributed by atoms with van der Waals surface area (Å²) in [5.74, 6) is 0.260. The van der Waals surface area contributed by atoms with Crippen LogP contribution in [-0.4, -0.2) is 34.1 Å². The number of hydrogen-bond acceptors (Lipinski definition) is 4. The van der Waals surface area contributed by atoms with Gasteiger partial charge in [0.15, 0.2) is 11.5 Å². The molecule has 1 saturated heterocycles. The highest BCUT2D eigenvalue weighted by Gasteiger charge is 2.22. The SMILES string of the molecule is CCC1CCCN(c2nccnc2C(=O)O)CC1. The average Bonchev–Trinajstić information content (AvgIpc) is 2.63. The number of nitrogens with zero attached hydrogens (tertiary/aromatic N) is 3. The molecule has 0 spiro atoms. The Kier molecular flexibility index (Phi) is 4.12. The highest BCUT2D eigenvalue weighted by atomic mass is 16.4. The quantitative estimate of drug-likeness (QED) is 0.889. The molecule has 1 atom stereocenters. The van der Waals surface area contributed by atoms with E-state index in [1.807, 2.05) is 0 Å². The van der Waals surface area contributed by atoms with Crippen LogP contribution in [0.5, 0.6) is 0 Å². The minimum atomic E-state index is -1.01. The van der Waals surface area contributed by atoms with E-state index in [0.717, 1.165) is 31.8 Å². The zero-order valence-corrected chi connectivity index (χ0v) is 10.7. The van der Waals surface area contributed by atoms with Crippen molar-refractivity contribution in [3.8, 4) is 0 Å². The van der Waals surface area contributed by atoms with Crippen LogP contribution in [0.3, 0.4) is 0 Å². The fraction of sp³-hybridized carbons (Fsp3) is 0.615. The van der Waals surface area contributed by atoms with Crippen LogP contribution in [0.1, 0.15) is 43.1 Å². The van der Waals surface area contributed by atoms with E-state index in [9.17, 15) is 4.79 Å². The molecule has 1 aromatic heterocycles. The van der Waals surface area contributed by atoms with Gasteiger partial charge in [-0.15, -0.1) is 0 Å². The van der Waals surface area contributed by atoms with E-state index in [2.05, 4.69) is 21.8 Å².